The van der Waals surface area contributed by atoms with Gasteiger partial charge in [-0.1, -0.05) is 91.0 Å². The molecular formula is C27H28N2O4. The zero-order chi connectivity index (χ0) is 22.7. The Kier molecular flexibility index (Phi) is 8.53. The molecule has 0 bridgehead atoms. The summed E-state index contributed by atoms with van der Waals surface area (Å²) >= 11 is 0. The van der Waals surface area contributed by atoms with Gasteiger partial charge in [0, 0.05) is 0 Å². The number of nitrogens with zero attached hydrogens (tertiary/aromatic N) is 2. The van der Waals surface area contributed by atoms with E-state index in [1.165, 1.54) is 6.21 Å². The summed E-state index contributed by atoms with van der Waals surface area (Å²) in [7, 11) is 0. The van der Waals surface area contributed by atoms with Crippen molar-refractivity contribution in [1.82, 2.24) is 0 Å². The molecule has 1 aliphatic rings. The van der Waals surface area contributed by atoms with E-state index in [0.29, 0.717) is 26.4 Å². The highest BCUT2D eigenvalue weighted by Crippen LogP contribution is 2.28. The van der Waals surface area contributed by atoms with E-state index in [0.717, 1.165) is 16.7 Å². The van der Waals surface area contributed by atoms with E-state index in [-0.39, 0.29) is 6.10 Å². The molecule has 1 aliphatic heterocycles. The van der Waals surface area contributed by atoms with Gasteiger partial charge < -0.3 is 24.5 Å². The molecule has 0 amide bonds. The van der Waals surface area contributed by atoms with Crippen molar-refractivity contribution in [3.63, 3.8) is 0 Å². The highest BCUT2D eigenvalue weighted by atomic mass is 16.6. The third kappa shape index (κ3) is 6.68. The average molecular weight is 445 g/mol. The van der Waals surface area contributed by atoms with E-state index in [1.807, 2.05) is 91.0 Å². The molecule has 6 heteroatoms. The van der Waals surface area contributed by atoms with E-state index in [1.54, 1.807) is 0 Å². The Labute approximate surface area is 194 Å². The highest BCUT2D eigenvalue weighted by molar-refractivity contribution is 5.59. The second kappa shape index (κ2) is 12.2. The van der Waals surface area contributed by atoms with Crippen LogP contribution in [-0.2, 0) is 38.8 Å². The summed E-state index contributed by atoms with van der Waals surface area (Å²) < 4.78 is 24.7. The lowest BCUT2D eigenvalue weighted by Gasteiger charge is -2.24. The minimum absolute atomic E-state index is 0.329. The fourth-order valence-electron chi connectivity index (χ4n) is 3.87. The Morgan fingerprint density at radius 1 is 0.697 bits per heavy atom. The van der Waals surface area contributed by atoms with Crippen LogP contribution in [0.1, 0.15) is 16.7 Å². The van der Waals surface area contributed by atoms with Crippen LogP contribution in [0.4, 0.5) is 0 Å². The third-order valence-electron chi connectivity index (χ3n) is 5.52. The molecule has 0 aromatic heterocycles. The fourth-order valence-corrected chi connectivity index (χ4v) is 3.87. The second-order valence-electron chi connectivity index (χ2n) is 7.93. The van der Waals surface area contributed by atoms with Gasteiger partial charge in [0.2, 0.25) is 0 Å². The number of hydrogen-bond acceptors (Lipinski definition) is 4. The molecule has 0 spiro atoms. The molecule has 4 atom stereocenters. The van der Waals surface area contributed by atoms with Gasteiger partial charge >= 0.3 is 0 Å². The molecule has 1 heterocycles. The third-order valence-corrected chi connectivity index (χ3v) is 5.52. The van der Waals surface area contributed by atoms with Gasteiger partial charge in [-0.2, -0.15) is 4.79 Å². The molecule has 1 saturated heterocycles. The molecule has 6 nitrogen and oxygen atoms in total. The van der Waals surface area contributed by atoms with Gasteiger partial charge in [0.25, 0.3) is 6.21 Å². The van der Waals surface area contributed by atoms with Crippen molar-refractivity contribution in [2.75, 3.05) is 6.61 Å². The van der Waals surface area contributed by atoms with Crippen LogP contribution in [0.15, 0.2) is 91.0 Å². The van der Waals surface area contributed by atoms with Crippen LogP contribution in [0, 0.1) is 0 Å². The van der Waals surface area contributed by atoms with Crippen LogP contribution < -0.4 is 0 Å². The number of rotatable bonds is 11. The summed E-state index contributed by atoms with van der Waals surface area (Å²) in [4.78, 5) is 3.21. The van der Waals surface area contributed by atoms with Gasteiger partial charge in [-0.15, -0.1) is 0 Å². The highest BCUT2D eigenvalue weighted by Gasteiger charge is 2.47. The van der Waals surface area contributed by atoms with Gasteiger partial charge in [-0.05, 0) is 16.7 Å². The quantitative estimate of drug-likeness (QED) is 0.249. The van der Waals surface area contributed by atoms with Crippen molar-refractivity contribution in [1.29, 1.82) is 0 Å². The van der Waals surface area contributed by atoms with E-state index < -0.39 is 18.3 Å². The van der Waals surface area contributed by atoms with Gasteiger partial charge in [-0.3, -0.25) is 0 Å². The Hall–Kier alpha value is -3.12. The van der Waals surface area contributed by atoms with Gasteiger partial charge in [-0.25, -0.2) is 0 Å². The largest absolute Gasteiger partial charge is 0.374 e. The first-order valence-corrected chi connectivity index (χ1v) is 11.1. The maximum absolute atomic E-state index is 9.20. The van der Waals surface area contributed by atoms with Crippen molar-refractivity contribution in [2.45, 2.75) is 44.2 Å². The first-order valence-electron chi connectivity index (χ1n) is 11.1. The molecule has 0 radical (unpaired) electrons. The van der Waals surface area contributed by atoms with Crippen LogP contribution in [0.25, 0.3) is 5.53 Å². The van der Waals surface area contributed by atoms with Crippen molar-refractivity contribution < 1.29 is 23.7 Å². The average Bonchev–Trinajstić information content (AvgIpc) is 3.19. The van der Waals surface area contributed by atoms with Crippen LogP contribution in [0.2, 0.25) is 0 Å². The zero-order valence-electron chi connectivity index (χ0n) is 18.4. The number of benzene rings is 3. The molecule has 1 fully saturated rings. The van der Waals surface area contributed by atoms with Crippen molar-refractivity contribution in [3.05, 3.63) is 113 Å². The van der Waals surface area contributed by atoms with Gasteiger partial charge in [0.15, 0.2) is 6.10 Å². The molecule has 3 aromatic carbocycles. The Balaban J connectivity index is 1.46. The molecule has 33 heavy (non-hydrogen) atoms. The normalized spacial score (nSPS) is 22.1. The SMILES string of the molecule is [N-]=[N+]=C[C@@H]1O[C@H](COCc2ccccc2)[C@@H](OCc2ccccc2)[C@H]1OCc1ccccc1. The Bertz CT molecular complexity index is 1010. The summed E-state index contributed by atoms with van der Waals surface area (Å²) in [6.07, 6.45) is -0.417. The molecular weight excluding hydrogens is 416 g/mol. The lowest BCUT2D eigenvalue weighted by atomic mass is 10.1. The smallest absolute Gasteiger partial charge is 0.288 e. The predicted molar refractivity (Wildman–Crippen MR) is 124 cm³/mol. The second-order valence-corrected chi connectivity index (χ2v) is 7.93. The monoisotopic (exact) mass is 444 g/mol. The van der Waals surface area contributed by atoms with E-state index in [2.05, 4.69) is 4.79 Å². The van der Waals surface area contributed by atoms with Gasteiger partial charge in [0.05, 0.1) is 26.4 Å². The van der Waals surface area contributed by atoms with Crippen LogP contribution in [-0.4, -0.2) is 42.0 Å². The summed E-state index contributed by atoms with van der Waals surface area (Å²) in [5.41, 5.74) is 12.4. The molecule has 3 aromatic rings. The molecule has 170 valence electrons. The number of ether oxygens (including phenoxy) is 4. The summed E-state index contributed by atoms with van der Waals surface area (Å²) in [5.74, 6) is 0. The molecule has 0 aliphatic carbocycles. The van der Waals surface area contributed by atoms with Crippen molar-refractivity contribution in [2.24, 2.45) is 0 Å². The van der Waals surface area contributed by atoms with Gasteiger partial charge in [0.1, 0.15) is 18.3 Å². The first kappa shape index (κ1) is 23.1. The zero-order valence-corrected chi connectivity index (χ0v) is 18.4. The van der Waals surface area contributed by atoms with Crippen LogP contribution >= 0.6 is 0 Å². The van der Waals surface area contributed by atoms with E-state index >= 15 is 0 Å². The molecule has 0 saturated carbocycles. The lowest BCUT2D eigenvalue weighted by molar-refractivity contribution is -0.0897. The Morgan fingerprint density at radius 2 is 1.18 bits per heavy atom. The molecule has 0 N–H and O–H groups in total. The fraction of sp³-hybridized carbons (Fsp3) is 0.296. The maximum Gasteiger partial charge on any atom is 0.288 e. The summed E-state index contributed by atoms with van der Waals surface area (Å²) in [6.45, 7) is 1.61. The van der Waals surface area contributed by atoms with Crippen LogP contribution in [0.3, 0.4) is 0 Å². The minimum atomic E-state index is -0.551. The maximum atomic E-state index is 9.20. The van der Waals surface area contributed by atoms with Crippen molar-refractivity contribution >= 4 is 6.21 Å². The van der Waals surface area contributed by atoms with E-state index in [4.69, 9.17) is 18.9 Å². The summed E-state index contributed by atoms with van der Waals surface area (Å²) in [5, 5.41) is 0. The standard InChI is InChI=1S/C27H28N2O4/c28-29-16-24-26(31-18-22-12-6-2-7-13-22)27(32-19-23-14-8-3-9-15-23)25(33-24)20-30-17-21-10-4-1-5-11-21/h1-16,24-27H,17-20H2/t24-,25+,26-,27+/m0/s1. The van der Waals surface area contributed by atoms with E-state index in [9.17, 15) is 5.53 Å². The number of hydrogen-bond donors (Lipinski definition) is 0. The van der Waals surface area contributed by atoms with Crippen LogP contribution in [0.5, 0.6) is 0 Å². The Morgan fingerprint density at radius 3 is 1.70 bits per heavy atom. The lowest BCUT2D eigenvalue weighted by Crippen LogP contribution is -2.39. The van der Waals surface area contributed by atoms with Crippen molar-refractivity contribution in [3.8, 4) is 0 Å². The topological polar surface area (TPSA) is 73.3 Å². The molecule has 0 unspecified atom stereocenters. The first-order chi connectivity index (χ1) is 16.3. The summed E-state index contributed by atoms with van der Waals surface area (Å²) in [6, 6.07) is 29.9. The minimum Gasteiger partial charge on any atom is -0.374 e. The predicted octanol–water partition coefficient (Wildman–Crippen LogP) is 4.44. The molecule has 4 rings (SSSR count).